The predicted molar refractivity (Wildman–Crippen MR) is 65.8 cm³/mol. The molecule has 0 amide bonds. The minimum Gasteiger partial charge on any atom is -0.389 e. The van der Waals surface area contributed by atoms with Crippen LogP contribution in [-0.4, -0.2) is 36.5 Å². The fourth-order valence-electron chi connectivity index (χ4n) is 2.02. The first kappa shape index (κ1) is 13.5. The molecule has 100 valence electrons. The summed E-state index contributed by atoms with van der Waals surface area (Å²) in [6.45, 7) is 2.08. The molecule has 0 spiro atoms. The monoisotopic (exact) mass is 273 g/mol. The molecule has 4 nitrogen and oxygen atoms in total. The molecule has 1 heterocycles. The summed E-state index contributed by atoms with van der Waals surface area (Å²) in [5.41, 5.74) is -0.404. The van der Waals surface area contributed by atoms with Crippen LogP contribution in [-0.2, 0) is 15.8 Å². The van der Waals surface area contributed by atoms with Crippen LogP contribution < -0.4 is 0 Å². The summed E-state index contributed by atoms with van der Waals surface area (Å²) in [6.07, 6.45) is 0.440. The zero-order valence-electron chi connectivity index (χ0n) is 10.1. The Kier molecular flexibility index (Phi) is 3.44. The molecule has 1 saturated heterocycles. The molecule has 0 aliphatic carbocycles. The van der Waals surface area contributed by atoms with Gasteiger partial charge in [-0.05, 0) is 31.0 Å². The third-order valence-corrected chi connectivity index (χ3v) is 4.87. The van der Waals surface area contributed by atoms with Gasteiger partial charge in [0.1, 0.15) is 5.82 Å². The van der Waals surface area contributed by atoms with Crippen molar-refractivity contribution in [2.24, 2.45) is 0 Å². The Morgan fingerprint density at radius 2 is 2.00 bits per heavy atom. The van der Waals surface area contributed by atoms with Crippen LogP contribution >= 0.6 is 0 Å². The van der Waals surface area contributed by atoms with Gasteiger partial charge in [-0.15, -0.1) is 0 Å². The smallest absolute Gasteiger partial charge is 0.218 e. The van der Waals surface area contributed by atoms with E-state index in [-0.39, 0.29) is 18.1 Å². The van der Waals surface area contributed by atoms with Gasteiger partial charge in [-0.1, -0.05) is 12.1 Å². The highest BCUT2D eigenvalue weighted by Crippen LogP contribution is 2.24. The van der Waals surface area contributed by atoms with Gasteiger partial charge >= 0.3 is 0 Å². The molecule has 1 aliphatic heterocycles. The predicted octanol–water partition coefficient (Wildman–Crippen LogP) is 1.11. The van der Waals surface area contributed by atoms with Crippen LogP contribution in [0.2, 0.25) is 0 Å². The largest absolute Gasteiger partial charge is 0.389 e. The van der Waals surface area contributed by atoms with E-state index < -0.39 is 15.6 Å². The van der Waals surface area contributed by atoms with Crippen LogP contribution in [0.3, 0.4) is 0 Å². The van der Waals surface area contributed by atoms with Gasteiger partial charge in [-0.25, -0.2) is 12.8 Å². The zero-order valence-corrected chi connectivity index (χ0v) is 11.0. The lowest BCUT2D eigenvalue weighted by atomic mass is 10.1. The van der Waals surface area contributed by atoms with Crippen LogP contribution in [0.25, 0.3) is 0 Å². The molecule has 1 aromatic rings. The van der Waals surface area contributed by atoms with Crippen molar-refractivity contribution in [1.29, 1.82) is 0 Å². The second-order valence-corrected chi connectivity index (χ2v) is 6.93. The summed E-state index contributed by atoms with van der Waals surface area (Å²) in [6, 6.07) is 5.40. The molecule has 1 N–H and O–H groups in total. The van der Waals surface area contributed by atoms with E-state index in [0.717, 1.165) is 0 Å². The average Bonchev–Trinajstić information content (AvgIpc) is 2.63. The molecule has 2 rings (SSSR count). The van der Waals surface area contributed by atoms with Crippen molar-refractivity contribution < 1.29 is 17.9 Å². The summed E-state index contributed by atoms with van der Waals surface area (Å²) in [5, 5.41) is 9.77. The fraction of sp³-hybridized carbons (Fsp3) is 0.500. The molecule has 1 fully saturated rings. The van der Waals surface area contributed by atoms with Gasteiger partial charge in [0, 0.05) is 13.1 Å². The number of β-amino-alcohol motifs (C(OH)–C–C–N with tert-alkyl or cyclic N) is 1. The molecule has 6 heteroatoms. The number of nitrogens with zero attached hydrogens (tertiary/aromatic N) is 1. The Hall–Kier alpha value is -0.980. The molecule has 0 bridgehead atoms. The zero-order chi connectivity index (χ0) is 13.4. The molecule has 1 atom stereocenters. The molecular formula is C12H16FNO3S. The number of hydrogen-bond acceptors (Lipinski definition) is 3. The van der Waals surface area contributed by atoms with E-state index in [0.29, 0.717) is 18.5 Å². The van der Waals surface area contributed by atoms with Crippen LogP contribution in [0.5, 0.6) is 0 Å². The van der Waals surface area contributed by atoms with E-state index >= 15 is 0 Å². The van der Waals surface area contributed by atoms with Crippen LogP contribution in [0, 0.1) is 5.82 Å². The maximum absolute atomic E-state index is 12.7. The highest BCUT2D eigenvalue weighted by Gasteiger charge is 2.37. The summed E-state index contributed by atoms with van der Waals surface area (Å²) < 4.78 is 38.2. The molecule has 1 aliphatic rings. The normalized spacial score (nSPS) is 25.5. The molecule has 0 aromatic heterocycles. The van der Waals surface area contributed by atoms with Crippen molar-refractivity contribution >= 4 is 10.0 Å². The highest BCUT2D eigenvalue weighted by atomic mass is 32.2. The lowest BCUT2D eigenvalue weighted by molar-refractivity contribution is 0.0762. The highest BCUT2D eigenvalue weighted by molar-refractivity contribution is 7.88. The summed E-state index contributed by atoms with van der Waals surface area (Å²) in [7, 11) is -3.45. The van der Waals surface area contributed by atoms with E-state index in [1.54, 1.807) is 6.92 Å². The van der Waals surface area contributed by atoms with Crippen molar-refractivity contribution in [1.82, 2.24) is 4.31 Å². The maximum atomic E-state index is 12.7. The van der Waals surface area contributed by atoms with Gasteiger partial charge in [0.2, 0.25) is 10.0 Å². The molecular weight excluding hydrogens is 257 g/mol. The second kappa shape index (κ2) is 4.60. The van der Waals surface area contributed by atoms with Gasteiger partial charge in [-0.3, -0.25) is 0 Å². The first-order valence-electron chi connectivity index (χ1n) is 5.73. The van der Waals surface area contributed by atoms with Crippen LogP contribution in [0.15, 0.2) is 24.3 Å². The molecule has 1 aromatic carbocycles. The van der Waals surface area contributed by atoms with E-state index in [1.165, 1.54) is 28.6 Å². The van der Waals surface area contributed by atoms with E-state index in [9.17, 15) is 17.9 Å². The van der Waals surface area contributed by atoms with Crippen molar-refractivity contribution in [2.75, 3.05) is 13.1 Å². The first-order chi connectivity index (χ1) is 8.28. The van der Waals surface area contributed by atoms with Gasteiger partial charge < -0.3 is 5.11 Å². The Morgan fingerprint density at radius 1 is 1.39 bits per heavy atom. The number of benzene rings is 1. The van der Waals surface area contributed by atoms with Crippen LogP contribution in [0.4, 0.5) is 4.39 Å². The topological polar surface area (TPSA) is 57.6 Å². The van der Waals surface area contributed by atoms with E-state index in [4.69, 9.17) is 0 Å². The van der Waals surface area contributed by atoms with Crippen molar-refractivity contribution in [3.8, 4) is 0 Å². The standard InChI is InChI=1S/C12H16FNO3S/c1-12(15)6-7-14(9-12)18(16,17)8-10-2-4-11(13)5-3-10/h2-5,15H,6-9H2,1H3. The number of hydrogen-bond donors (Lipinski definition) is 1. The van der Waals surface area contributed by atoms with Crippen molar-refractivity contribution in [3.63, 3.8) is 0 Å². The van der Waals surface area contributed by atoms with Gasteiger partial charge in [0.15, 0.2) is 0 Å². The van der Waals surface area contributed by atoms with Gasteiger partial charge in [0.25, 0.3) is 0 Å². The molecule has 18 heavy (non-hydrogen) atoms. The van der Waals surface area contributed by atoms with Crippen molar-refractivity contribution in [3.05, 3.63) is 35.6 Å². The average molecular weight is 273 g/mol. The third-order valence-electron chi connectivity index (χ3n) is 3.07. The van der Waals surface area contributed by atoms with E-state index in [2.05, 4.69) is 0 Å². The fourth-order valence-corrected chi connectivity index (χ4v) is 3.66. The maximum Gasteiger partial charge on any atom is 0.218 e. The Morgan fingerprint density at radius 3 is 2.50 bits per heavy atom. The Labute approximate surface area is 106 Å². The van der Waals surface area contributed by atoms with Crippen LogP contribution in [0.1, 0.15) is 18.9 Å². The lowest BCUT2D eigenvalue weighted by Crippen LogP contribution is -2.34. The first-order valence-corrected chi connectivity index (χ1v) is 7.34. The minimum atomic E-state index is -3.45. The molecule has 1 unspecified atom stereocenters. The molecule has 0 saturated carbocycles. The number of rotatable bonds is 3. The number of aliphatic hydroxyl groups is 1. The third kappa shape index (κ3) is 3.07. The summed E-state index contributed by atoms with van der Waals surface area (Å²) >= 11 is 0. The quantitative estimate of drug-likeness (QED) is 0.897. The molecule has 0 radical (unpaired) electrons. The minimum absolute atomic E-state index is 0.122. The number of sulfonamides is 1. The summed E-state index contributed by atoms with van der Waals surface area (Å²) in [4.78, 5) is 0. The Balaban J connectivity index is 2.11. The van der Waals surface area contributed by atoms with Gasteiger partial charge in [0.05, 0.1) is 11.4 Å². The van der Waals surface area contributed by atoms with Gasteiger partial charge in [-0.2, -0.15) is 4.31 Å². The second-order valence-electron chi connectivity index (χ2n) is 4.96. The Bertz CT molecular complexity index is 525. The SMILES string of the molecule is CC1(O)CCN(S(=O)(=O)Cc2ccc(F)cc2)C1. The summed E-state index contributed by atoms with van der Waals surface area (Å²) in [5.74, 6) is -0.552. The lowest BCUT2D eigenvalue weighted by Gasteiger charge is -2.18. The van der Waals surface area contributed by atoms with Crippen molar-refractivity contribution in [2.45, 2.75) is 24.7 Å². The number of halogens is 1. The van der Waals surface area contributed by atoms with E-state index in [1.807, 2.05) is 0 Å².